The smallest absolute Gasteiger partial charge is 0.358 e. The van der Waals surface area contributed by atoms with Crippen molar-refractivity contribution in [2.75, 3.05) is 0 Å². The maximum atomic E-state index is 10.1. The van der Waals surface area contributed by atoms with E-state index >= 15 is 0 Å². The number of aromatic nitrogens is 1. The molecule has 0 N–H and O–H groups in total. The summed E-state index contributed by atoms with van der Waals surface area (Å²) in [6, 6.07) is 2.92. The molecule has 0 spiro atoms. The van der Waals surface area contributed by atoms with E-state index < -0.39 is 4.92 Å². The minimum Gasteiger partial charge on any atom is -0.358 e. The van der Waals surface area contributed by atoms with E-state index in [0.29, 0.717) is 5.56 Å². The summed E-state index contributed by atoms with van der Waals surface area (Å²) in [6.07, 6.45) is 1.36. The zero-order valence-corrected chi connectivity index (χ0v) is 5.15. The molecule has 0 aliphatic carbocycles. The molecule has 1 rings (SSSR count). The van der Waals surface area contributed by atoms with E-state index in [9.17, 15) is 10.1 Å². The molecule has 0 aliphatic heterocycles. The Bertz CT molecular complexity index is 260. The lowest BCUT2D eigenvalue weighted by Crippen LogP contribution is -1.90. The highest BCUT2D eigenvalue weighted by Gasteiger charge is 2.03. The van der Waals surface area contributed by atoms with Gasteiger partial charge in [-0.2, -0.15) is 0 Å². The standard InChI is InChI=1S/C6H5N2O2/c1-5-2-3-7-6(4-5)8(9)10/h2-4H,1H2. The molecule has 0 saturated carbocycles. The zero-order valence-electron chi connectivity index (χ0n) is 5.15. The molecule has 0 amide bonds. The number of hydrogen-bond acceptors (Lipinski definition) is 3. The van der Waals surface area contributed by atoms with Gasteiger partial charge in [0.05, 0.1) is 0 Å². The first-order valence-corrected chi connectivity index (χ1v) is 2.62. The fourth-order valence-corrected chi connectivity index (χ4v) is 0.560. The third-order valence-corrected chi connectivity index (χ3v) is 0.997. The highest BCUT2D eigenvalue weighted by Crippen LogP contribution is 2.06. The van der Waals surface area contributed by atoms with Crippen LogP contribution < -0.4 is 0 Å². The number of nitrogens with zero attached hydrogens (tertiary/aromatic N) is 2. The fourth-order valence-electron chi connectivity index (χ4n) is 0.560. The van der Waals surface area contributed by atoms with Gasteiger partial charge in [-0.05, 0) is 28.5 Å². The molecule has 0 aliphatic rings. The molecule has 4 nitrogen and oxygen atoms in total. The van der Waals surface area contributed by atoms with Crippen LogP contribution in [0.4, 0.5) is 5.82 Å². The average Bonchev–Trinajstić information content (AvgIpc) is 1.88. The Balaban J connectivity index is 3.07. The molecule has 0 saturated heterocycles. The van der Waals surface area contributed by atoms with E-state index in [-0.39, 0.29) is 5.82 Å². The Labute approximate surface area is 57.7 Å². The lowest BCUT2D eigenvalue weighted by molar-refractivity contribution is -0.389. The van der Waals surface area contributed by atoms with Gasteiger partial charge in [-0.1, -0.05) is 0 Å². The fraction of sp³-hybridized carbons (Fsp3) is 0. The lowest BCUT2D eigenvalue weighted by Gasteiger charge is -1.90. The van der Waals surface area contributed by atoms with Crippen LogP contribution in [0.5, 0.6) is 0 Å². The van der Waals surface area contributed by atoms with Crippen LogP contribution in [0.3, 0.4) is 0 Å². The molecule has 1 radical (unpaired) electrons. The van der Waals surface area contributed by atoms with Gasteiger partial charge in [-0.15, -0.1) is 0 Å². The Morgan fingerprint density at radius 3 is 2.80 bits per heavy atom. The van der Waals surface area contributed by atoms with E-state index in [1.807, 2.05) is 0 Å². The van der Waals surface area contributed by atoms with E-state index in [4.69, 9.17) is 0 Å². The highest BCUT2D eigenvalue weighted by atomic mass is 16.6. The normalized spacial score (nSPS) is 9.30. The van der Waals surface area contributed by atoms with Gasteiger partial charge in [0.2, 0.25) is 0 Å². The van der Waals surface area contributed by atoms with Gasteiger partial charge in [-0.3, -0.25) is 0 Å². The van der Waals surface area contributed by atoms with E-state index in [2.05, 4.69) is 11.9 Å². The van der Waals surface area contributed by atoms with E-state index in [0.717, 1.165) is 0 Å². The Morgan fingerprint density at radius 1 is 1.70 bits per heavy atom. The largest absolute Gasteiger partial charge is 0.363 e. The number of nitro groups is 1. The van der Waals surface area contributed by atoms with Gasteiger partial charge >= 0.3 is 5.82 Å². The van der Waals surface area contributed by atoms with Crippen LogP contribution in [0, 0.1) is 17.0 Å². The van der Waals surface area contributed by atoms with Gasteiger partial charge < -0.3 is 10.1 Å². The second kappa shape index (κ2) is 2.43. The van der Waals surface area contributed by atoms with Crippen LogP contribution in [0.1, 0.15) is 5.56 Å². The minimum atomic E-state index is -0.547. The summed E-state index contributed by atoms with van der Waals surface area (Å²) in [5, 5.41) is 10.1. The van der Waals surface area contributed by atoms with Crippen molar-refractivity contribution in [1.29, 1.82) is 0 Å². The topological polar surface area (TPSA) is 56.0 Å². The van der Waals surface area contributed by atoms with Crippen molar-refractivity contribution >= 4 is 5.82 Å². The molecule has 0 atom stereocenters. The predicted octanol–water partition coefficient (Wildman–Crippen LogP) is 1.17. The summed E-state index contributed by atoms with van der Waals surface area (Å²) in [5.74, 6) is -0.160. The molecule has 4 heteroatoms. The van der Waals surface area contributed by atoms with Crippen LogP contribution in [0.25, 0.3) is 0 Å². The molecule has 10 heavy (non-hydrogen) atoms. The van der Waals surface area contributed by atoms with Crippen LogP contribution in [0.2, 0.25) is 0 Å². The highest BCUT2D eigenvalue weighted by molar-refractivity contribution is 5.26. The quantitative estimate of drug-likeness (QED) is 0.431. The first-order chi connectivity index (χ1) is 4.70. The number of hydrogen-bond donors (Lipinski definition) is 0. The zero-order chi connectivity index (χ0) is 7.56. The molecule has 51 valence electrons. The van der Waals surface area contributed by atoms with Gasteiger partial charge in [0.25, 0.3) is 0 Å². The van der Waals surface area contributed by atoms with Gasteiger partial charge in [0, 0.05) is 6.07 Å². The van der Waals surface area contributed by atoms with E-state index in [1.165, 1.54) is 12.3 Å². The Kier molecular flexibility index (Phi) is 1.62. The summed E-state index contributed by atoms with van der Waals surface area (Å²) < 4.78 is 0. The average molecular weight is 137 g/mol. The second-order valence-corrected chi connectivity index (χ2v) is 1.78. The van der Waals surface area contributed by atoms with Crippen molar-refractivity contribution < 1.29 is 4.92 Å². The van der Waals surface area contributed by atoms with Crippen LogP contribution >= 0.6 is 0 Å². The van der Waals surface area contributed by atoms with Crippen molar-refractivity contribution in [2.45, 2.75) is 0 Å². The molecule has 1 aromatic heterocycles. The van der Waals surface area contributed by atoms with Crippen molar-refractivity contribution in [1.82, 2.24) is 4.98 Å². The molecule has 0 bridgehead atoms. The van der Waals surface area contributed by atoms with Crippen LogP contribution in [-0.4, -0.2) is 9.91 Å². The SMILES string of the molecule is [CH2]c1ccnc([N+](=O)[O-])c1. The monoisotopic (exact) mass is 137 g/mol. The lowest BCUT2D eigenvalue weighted by atomic mass is 10.3. The third kappa shape index (κ3) is 1.28. The molecular formula is C6H5N2O2. The molecular weight excluding hydrogens is 132 g/mol. The van der Waals surface area contributed by atoms with Crippen molar-refractivity contribution in [3.8, 4) is 0 Å². The summed E-state index contributed by atoms with van der Waals surface area (Å²) in [5.41, 5.74) is 0.599. The second-order valence-electron chi connectivity index (χ2n) is 1.78. The number of pyridine rings is 1. The molecule has 0 unspecified atom stereocenters. The maximum Gasteiger partial charge on any atom is 0.363 e. The van der Waals surface area contributed by atoms with Gasteiger partial charge in [0.1, 0.15) is 6.20 Å². The number of rotatable bonds is 1. The molecule has 1 aromatic rings. The summed E-state index contributed by atoms with van der Waals surface area (Å²) >= 11 is 0. The van der Waals surface area contributed by atoms with Gasteiger partial charge in [-0.25, -0.2) is 0 Å². The van der Waals surface area contributed by atoms with E-state index in [1.54, 1.807) is 6.07 Å². The molecule has 1 heterocycles. The first kappa shape index (κ1) is 6.67. The summed E-state index contributed by atoms with van der Waals surface area (Å²) in [7, 11) is 0. The predicted molar refractivity (Wildman–Crippen MR) is 35.4 cm³/mol. The van der Waals surface area contributed by atoms with Crippen LogP contribution in [-0.2, 0) is 0 Å². The van der Waals surface area contributed by atoms with Crippen molar-refractivity contribution in [3.63, 3.8) is 0 Å². The van der Waals surface area contributed by atoms with Crippen LogP contribution in [0.15, 0.2) is 18.3 Å². The summed E-state index contributed by atoms with van der Waals surface area (Å²) in [6.45, 7) is 3.52. The molecule has 0 fully saturated rings. The Morgan fingerprint density at radius 2 is 2.40 bits per heavy atom. The first-order valence-electron chi connectivity index (χ1n) is 2.62. The molecule has 0 aromatic carbocycles. The van der Waals surface area contributed by atoms with Gasteiger partial charge in [0.15, 0.2) is 0 Å². The third-order valence-electron chi connectivity index (χ3n) is 0.997. The summed E-state index contributed by atoms with van der Waals surface area (Å²) in [4.78, 5) is 13.0. The Hall–Kier alpha value is -1.45. The van der Waals surface area contributed by atoms with Crippen molar-refractivity contribution in [3.05, 3.63) is 40.9 Å². The van der Waals surface area contributed by atoms with Crippen molar-refractivity contribution in [2.24, 2.45) is 0 Å². The minimum absolute atomic E-state index is 0.160. The maximum absolute atomic E-state index is 10.1.